The number of rotatable bonds is 4. The molecule has 4 aromatic rings. The lowest BCUT2D eigenvalue weighted by Crippen LogP contribution is -2.27. The van der Waals surface area contributed by atoms with Crippen LogP contribution in [0.5, 0.6) is 0 Å². The summed E-state index contributed by atoms with van der Waals surface area (Å²) in [4.78, 5) is 26.2. The normalized spacial score (nSPS) is 15.1. The SMILES string of the molecule is Cc1ccc(-c2ccc(/C=C3\SC(=S)N(c4cccc5ccccc45)C3=O)o2)c([N+](=O)[O-])c1. The summed E-state index contributed by atoms with van der Waals surface area (Å²) < 4.78 is 6.28. The van der Waals surface area contributed by atoms with Crippen molar-refractivity contribution in [2.75, 3.05) is 4.90 Å². The average Bonchev–Trinajstić information content (AvgIpc) is 3.37. The maximum absolute atomic E-state index is 13.2. The molecule has 0 spiro atoms. The Labute approximate surface area is 198 Å². The second-order valence-electron chi connectivity index (χ2n) is 7.50. The number of furan rings is 1. The van der Waals surface area contributed by atoms with Gasteiger partial charge in [0.2, 0.25) is 0 Å². The molecule has 0 aliphatic carbocycles. The van der Waals surface area contributed by atoms with Gasteiger partial charge in [0.15, 0.2) is 4.32 Å². The molecule has 1 aromatic heterocycles. The Balaban J connectivity index is 1.49. The van der Waals surface area contributed by atoms with E-state index in [-0.39, 0.29) is 11.6 Å². The number of thiocarbonyl (C=S) groups is 1. The van der Waals surface area contributed by atoms with Gasteiger partial charge in [-0.15, -0.1) is 0 Å². The molecule has 0 saturated carbocycles. The highest BCUT2D eigenvalue weighted by Gasteiger charge is 2.34. The van der Waals surface area contributed by atoms with Crippen LogP contribution in [-0.2, 0) is 4.79 Å². The van der Waals surface area contributed by atoms with Gasteiger partial charge < -0.3 is 4.42 Å². The number of benzene rings is 3. The molecule has 1 aliphatic heterocycles. The number of nitro benzene ring substituents is 1. The third kappa shape index (κ3) is 3.83. The van der Waals surface area contributed by atoms with Crippen molar-refractivity contribution in [1.82, 2.24) is 0 Å². The molecule has 8 heteroatoms. The predicted octanol–water partition coefficient (Wildman–Crippen LogP) is 6.72. The van der Waals surface area contributed by atoms with E-state index in [1.807, 2.05) is 42.5 Å². The van der Waals surface area contributed by atoms with Crippen LogP contribution in [0.1, 0.15) is 11.3 Å². The molecule has 3 aromatic carbocycles. The molecule has 1 amide bonds. The minimum absolute atomic E-state index is 0.0295. The molecule has 1 fully saturated rings. The van der Waals surface area contributed by atoms with Crippen LogP contribution < -0.4 is 4.90 Å². The number of nitrogens with zero attached hydrogens (tertiary/aromatic N) is 2. The van der Waals surface area contributed by atoms with Crippen LogP contribution in [-0.4, -0.2) is 15.2 Å². The van der Waals surface area contributed by atoms with Crippen molar-refractivity contribution in [3.05, 3.63) is 99.1 Å². The molecule has 5 rings (SSSR count). The Morgan fingerprint density at radius 2 is 1.85 bits per heavy atom. The predicted molar refractivity (Wildman–Crippen MR) is 135 cm³/mol. The summed E-state index contributed by atoms with van der Waals surface area (Å²) in [5, 5.41) is 13.4. The Morgan fingerprint density at radius 3 is 2.67 bits per heavy atom. The van der Waals surface area contributed by atoms with Crippen molar-refractivity contribution in [1.29, 1.82) is 0 Å². The van der Waals surface area contributed by atoms with Crippen LogP contribution >= 0.6 is 24.0 Å². The number of aryl methyl sites for hydroxylation is 1. The number of amides is 1. The minimum Gasteiger partial charge on any atom is -0.456 e. The second-order valence-corrected chi connectivity index (χ2v) is 9.17. The van der Waals surface area contributed by atoms with Gasteiger partial charge in [0.1, 0.15) is 11.5 Å². The lowest BCUT2D eigenvalue weighted by molar-refractivity contribution is -0.384. The Bertz CT molecular complexity index is 1480. The van der Waals surface area contributed by atoms with Gasteiger partial charge in [-0.2, -0.15) is 0 Å². The fourth-order valence-corrected chi connectivity index (χ4v) is 5.05. The zero-order chi connectivity index (χ0) is 23.1. The molecule has 1 aliphatic rings. The lowest BCUT2D eigenvalue weighted by Gasteiger charge is -2.17. The molecule has 33 heavy (non-hydrogen) atoms. The lowest BCUT2D eigenvalue weighted by atomic mass is 10.1. The number of hydrogen-bond acceptors (Lipinski definition) is 6. The first-order chi connectivity index (χ1) is 15.9. The van der Waals surface area contributed by atoms with Crippen molar-refractivity contribution >= 4 is 62.4 Å². The molecule has 6 nitrogen and oxygen atoms in total. The molecule has 0 atom stereocenters. The van der Waals surface area contributed by atoms with Gasteiger partial charge in [-0.1, -0.05) is 66.4 Å². The molecule has 162 valence electrons. The summed E-state index contributed by atoms with van der Waals surface area (Å²) in [6.45, 7) is 1.79. The first-order valence-electron chi connectivity index (χ1n) is 10.0. The van der Waals surface area contributed by atoms with Crippen LogP contribution in [0, 0.1) is 17.0 Å². The van der Waals surface area contributed by atoms with Gasteiger partial charge in [0.25, 0.3) is 11.6 Å². The number of hydrogen-bond donors (Lipinski definition) is 0. The van der Waals surface area contributed by atoms with Crippen LogP contribution in [0.25, 0.3) is 28.2 Å². The first kappa shape index (κ1) is 21.1. The zero-order valence-electron chi connectivity index (χ0n) is 17.3. The zero-order valence-corrected chi connectivity index (χ0v) is 19.0. The Hall–Kier alpha value is -3.75. The number of carbonyl (C=O) groups is 1. The molecule has 0 radical (unpaired) electrons. The number of fused-ring (bicyclic) bond motifs is 1. The molecule has 2 heterocycles. The van der Waals surface area contributed by atoms with Gasteiger partial charge in [0, 0.05) is 17.5 Å². The molecule has 1 saturated heterocycles. The maximum Gasteiger partial charge on any atom is 0.280 e. The van der Waals surface area contributed by atoms with Gasteiger partial charge in [-0.3, -0.25) is 19.8 Å². The number of anilines is 1. The Morgan fingerprint density at radius 1 is 1.06 bits per heavy atom. The summed E-state index contributed by atoms with van der Waals surface area (Å²) in [5.41, 5.74) is 1.87. The first-order valence-corrected chi connectivity index (χ1v) is 11.3. The van der Waals surface area contributed by atoms with Crippen LogP contribution in [0.3, 0.4) is 0 Å². The second kappa shape index (κ2) is 8.31. The number of nitro groups is 1. The van der Waals surface area contributed by atoms with E-state index in [0.717, 1.165) is 22.0 Å². The maximum atomic E-state index is 13.2. The van der Waals surface area contributed by atoms with Crippen LogP contribution in [0.2, 0.25) is 0 Å². The topological polar surface area (TPSA) is 76.6 Å². The fourth-order valence-electron chi connectivity index (χ4n) is 3.78. The van der Waals surface area contributed by atoms with E-state index in [2.05, 4.69) is 0 Å². The van der Waals surface area contributed by atoms with E-state index >= 15 is 0 Å². The fraction of sp³-hybridized carbons (Fsp3) is 0.0400. The highest BCUT2D eigenvalue weighted by Crippen LogP contribution is 2.39. The van der Waals surface area contributed by atoms with Gasteiger partial charge in [-0.05, 0) is 42.1 Å². The summed E-state index contributed by atoms with van der Waals surface area (Å²) in [7, 11) is 0. The number of thioether (sulfide) groups is 1. The van der Waals surface area contributed by atoms with Crippen molar-refractivity contribution in [2.24, 2.45) is 0 Å². The van der Waals surface area contributed by atoms with Crippen molar-refractivity contribution in [2.45, 2.75) is 6.92 Å². The number of carbonyl (C=O) groups excluding carboxylic acids is 1. The molecular weight excluding hydrogens is 456 g/mol. The average molecular weight is 473 g/mol. The molecule has 0 bridgehead atoms. The molecule has 0 N–H and O–H groups in total. The van der Waals surface area contributed by atoms with Crippen molar-refractivity contribution in [3.63, 3.8) is 0 Å². The van der Waals surface area contributed by atoms with Crippen LogP contribution in [0.4, 0.5) is 11.4 Å². The standard InChI is InChI=1S/C25H16N2O4S2/c1-15-9-11-19(21(13-15)27(29)30)22-12-10-17(31-22)14-23-24(28)26(25(32)33-23)20-8-4-6-16-5-2-3-7-18(16)20/h2-14H,1H3/b23-14-. The summed E-state index contributed by atoms with van der Waals surface area (Å²) in [6.07, 6.45) is 1.62. The molecule has 0 unspecified atom stereocenters. The third-order valence-corrected chi connectivity index (χ3v) is 6.62. The van der Waals surface area contributed by atoms with Gasteiger partial charge in [0.05, 0.1) is 21.1 Å². The Kier molecular flexibility index (Phi) is 5.32. The van der Waals surface area contributed by atoms with Gasteiger partial charge in [-0.25, -0.2) is 0 Å². The quantitative estimate of drug-likeness (QED) is 0.142. The third-order valence-electron chi connectivity index (χ3n) is 5.32. The van der Waals surface area contributed by atoms with Gasteiger partial charge >= 0.3 is 0 Å². The van der Waals surface area contributed by atoms with E-state index in [1.54, 1.807) is 37.3 Å². The van der Waals surface area contributed by atoms with E-state index in [1.165, 1.54) is 22.7 Å². The van der Waals surface area contributed by atoms with E-state index < -0.39 is 4.92 Å². The van der Waals surface area contributed by atoms with E-state index in [0.29, 0.717) is 26.3 Å². The molecular formula is C25H16N2O4S2. The van der Waals surface area contributed by atoms with E-state index in [9.17, 15) is 14.9 Å². The highest BCUT2D eigenvalue weighted by atomic mass is 32.2. The summed E-state index contributed by atoms with van der Waals surface area (Å²) in [5.74, 6) is 0.538. The largest absolute Gasteiger partial charge is 0.456 e. The minimum atomic E-state index is -0.431. The highest BCUT2D eigenvalue weighted by molar-refractivity contribution is 8.27. The smallest absolute Gasteiger partial charge is 0.280 e. The van der Waals surface area contributed by atoms with E-state index in [4.69, 9.17) is 16.6 Å². The van der Waals surface area contributed by atoms with Crippen molar-refractivity contribution < 1.29 is 14.1 Å². The summed E-state index contributed by atoms with van der Waals surface area (Å²) in [6, 6.07) is 21.9. The monoisotopic (exact) mass is 472 g/mol. The van der Waals surface area contributed by atoms with Crippen molar-refractivity contribution in [3.8, 4) is 11.3 Å². The summed E-state index contributed by atoms with van der Waals surface area (Å²) >= 11 is 6.71. The van der Waals surface area contributed by atoms with Crippen LogP contribution in [0.15, 0.2) is 82.1 Å².